The molecular weight excluding hydrogens is 334 g/mol. The van der Waals surface area contributed by atoms with Crippen LogP contribution in [0.15, 0.2) is 60.7 Å². The lowest BCUT2D eigenvalue weighted by Crippen LogP contribution is -2.18. The number of ether oxygens (including phenoxy) is 1. The van der Waals surface area contributed by atoms with E-state index in [1.54, 1.807) is 0 Å². The molecule has 0 N–H and O–H groups in total. The van der Waals surface area contributed by atoms with E-state index in [1.807, 2.05) is 48.5 Å². The van der Waals surface area contributed by atoms with Gasteiger partial charge in [0.05, 0.1) is 11.2 Å². The zero-order chi connectivity index (χ0) is 18.0. The van der Waals surface area contributed by atoms with E-state index >= 15 is 0 Å². The Morgan fingerprint density at radius 2 is 1.74 bits per heavy atom. The quantitative estimate of drug-likeness (QED) is 0.611. The summed E-state index contributed by atoms with van der Waals surface area (Å²) < 4.78 is 5.89. The molecule has 0 spiro atoms. The van der Waals surface area contributed by atoms with Crippen LogP contribution in [0.2, 0.25) is 0 Å². The molecule has 3 aromatic rings. The fourth-order valence-corrected chi connectivity index (χ4v) is 5.72. The zero-order valence-corrected chi connectivity index (χ0v) is 15.0. The van der Waals surface area contributed by atoms with Gasteiger partial charge in [-0.3, -0.25) is 4.79 Å². The van der Waals surface area contributed by atoms with E-state index in [1.165, 1.54) is 12.8 Å². The lowest BCUT2D eigenvalue weighted by molar-refractivity contribution is 0.0892. The van der Waals surface area contributed by atoms with Gasteiger partial charge in [0.15, 0.2) is 5.78 Å². The summed E-state index contributed by atoms with van der Waals surface area (Å²) in [6.45, 7) is 0.425. The molecule has 4 saturated carbocycles. The highest BCUT2D eigenvalue weighted by Gasteiger charge is 2.69. The highest BCUT2D eigenvalue weighted by Crippen LogP contribution is 2.73. The summed E-state index contributed by atoms with van der Waals surface area (Å²) in [4.78, 5) is 17.5. The highest BCUT2D eigenvalue weighted by atomic mass is 16.5. The first-order chi connectivity index (χ1) is 13.3. The molecule has 2 aromatic carbocycles. The second kappa shape index (κ2) is 5.66. The van der Waals surface area contributed by atoms with Gasteiger partial charge in [0, 0.05) is 16.9 Å². The van der Waals surface area contributed by atoms with E-state index in [9.17, 15) is 4.79 Å². The summed E-state index contributed by atoms with van der Waals surface area (Å²) in [5, 5.41) is 1.13. The molecule has 0 radical (unpaired) electrons. The fraction of sp³-hybridized carbons (Fsp3) is 0.333. The van der Waals surface area contributed by atoms with E-state index in [-0.39, 0.29) is 0 Å². The Balaban J connectivity index is 1.14. The minimum Gasteiger partial charge on any atom is -0.487 e. The first-order valence-electron chi connectivity index (χ1n) is 9.90. The van der Waals surface area contributed by atoms with Crippen LogP contribution in [0.3, 0.4) is 0 Å². The van der Waals surface area contributed by atoms with Crippen LogP contribution >= 0.6 is 0 Å². The van der Waals surface area contributed by atoms with E-state index in [0.717, 1.165) is 39.7 Å². The van der Waals surface area contributed by atoms with Crippen molar-refractivity contribution in [1.29, 1.82) is 0 Å². The van der Waals surface area contributed by atoms with Crippen molar-refractivity contribution in [1.82, 2.24) is 4.98 Å². The Kier molecular flexibility index (Phi) is 3.22. The van der Waals surface area contributed by atoms with Crippen molar-refractivity contribution >= 4 is 16.7 Å². The predicted molar refractivity (Wildman–Crippen MR) is 104 cm³/mol. The molecular formula is C24H21NO2. The number of nitrogens with zero attached hydrogens (tertiary/aromatic N) is 1. The third-order valence-corrected chi connectivity index (χ3v) is 6.95. The number of Topliss-reactive ketones (excluding diaryl/α,β-unsaturated/α-hetero) is 1. The second-order valence-electron chi connectivity index (χ2n) is 8.33. The number of hydrogen-bond acceptors (Lipinski definition) is 3. The average Bonchev–Trinajstić information content (AvgIpc) is 3.10. The van der Waals surface area contributed by atoms with Gasteiger partial charge in [-0.25, -0.2) is 4.98 Å². The van der Waals surface area contributed by atoms with E-state index in [4.69, 9.17) is 4.74 Å². The van der Waals surface area contributed by atoms with Gasteiger partial charge in [0.1, 0.15) is 12.4 Å². The Morgan fingerprint density at radius 3 is 2.48 bits per heavy atom. The number of carbonyl (C=O) groups is 1. The molecule has 1 heterocycles. The number of rotatable bonds is 5. The SMILES string of the molecule is O=C(c1ccc(OCc2ccc3ccccc3n2)cc1)C1C2CC3C(C2)C31. The van der Waals surface area contributed by atoms with Gasteiger partial charge in [-0.05, 0) is 72.9 Å². The van der Waals surface area contributed by atoms with Crippen molar-refractivity contribution in [3.8, 4) is 5.75 Å². The molecule has 0 aliphatic heterocycles. The van der Waals surface area contributed by atoms with Crippen molar-refractivity contribution in [2.75, 3.05) is 0 Å². The number of fused-ring (bicyclic) bond motifs is 1. The van der Waals surface area contributed by atoms with Gasteiger partial charge in [-0.2, -0.15) is 0 Å². The van der Waals surface area contributed by atoms with Crippen molar-refractivity contribution in [3.05, 3.63) is 71.9 Å². The first kappa shape index (κ1) is 15.4. The summed E-state index contributed by atoms with van der Waals surface area (Å²) >= 11 is 0. The van der Waals surface area contributed by atoms with Crippen LogP contribution in [0.4, 0.5) is 0 Å². The molecule has 4 aliphatic rings. The van der Waals surface area contributed by atoms with Crippen molar-refractivity contribution < 1.29 is 9.53 Å². The summed E-state index contributed by atoms with van der Waals surface area (Å²) in [6, 6.07) is 19.8. The Morgan fingerprint density at radius 1 is 0.963 bits per heavy atom. The molecule has 7 rings (SSSR count). The molecule has 3 heteroatoms. The Hall–Kier alpha value is -2.68. The molecule has 3 nitrogen and oxygen atoms in total. The molecule has 27 heavy (non-hydrogen) atoms. The molecule has 0 amide bonds. The van der Waals surface area contributed by atoms with E-state index in [0.29, 0.717) is 30.1 Å². The molecule has 134 valence electrons. The van der Waals surface area contributed by atoms with Crippen LogP contribution < -0.4 is 4.74 Å². The number of benzene rings is 2. The van der Waals surface area contributed by atoms with Crippen LogP contribution in [0.5, 0.6) is 5.75 Å². The Labute approximate surface area is 158 Å². The second-order valence-corrected chi connectivity index (χ2v) is 8.33. The first-order valence-corrected chi connectivity index (χ1v) is 9.90. The van der Waals surface area contributed by atoms with Crippen molar-refractivity contribution in [2.24, 2.45) is 29.6 Å². The van der Waals surface area contributed by atoms with Gasteiger partial charge >= 0.3 is 0 Å². The van der Waals surface area contributed by atoms with Crippen LogP contribution in [-0.4, -0.2) is 10.8 Å². The van der Waals surface area contributed by atoms with Crippen LogP contribution in [0.1, 0.15) is 28.9 Å². The standard InChI is InChI=1S/C24H21NO2/c26-24(22-16-11-19-20(12-16)23(19)22)15-6-9-18(10-7-15)27-13-17-8-5-14-3-1-2-4-21(14)25-17/h1-10,16,19-20,22-23H,11-13H2. The lowest BCUT2D eigenvalue weighted by Gasteiger charge is -2.14. The van der Waals surface area contributed by atoms with Gasteiger partial charge in [-0.15, -0.1) is 0 Å². The summed E-state index contributed by atoms with van der Waals surface area (Å²) in [6.07, 6.45) is 2.59. The number of hydrogen-bond donors (Lipinski definition) is 0. The zero-order valence-electron chi connectivity index (χ0n) is 15.0. The third-order valence-electron chi connectivity index (χ3n) is 6.95. The predicted octanol–water partition coefficient (Wildman–Crippen LogP) is 4.90. The van der Waals surface area contributed by atoms with Gasteiger partial charge in [-0.1, -0.05) is 24.3 Å². The maximum absolute atomic E-state index is 12.9. The minimum atomic E-state index is 0.300. The molecule has 3 unspecified atom stereocenters. The molecule has 0 saturated heterocycles. The maximum Gasteiger partial charge on any atom is 0.166 e. The number of pyridine rings is 1. The highest BCUT2D eigenvalue weighted by molar-refractivity contribution is 5.99. The van der Waals surface area contributed by atoms with E-state index in [2.05, 4.69) is 17.1 Å². The van der Waals surface area contributed by atoms with Gasteiger partial charge in [0.2, 0.25) is 0 Å². The molecule has 3 atom stereocenters. The largest absolute Gasteiger partial charge is 0.487 e. The smallest absolute Gasteiger partial charge is 0.166 e. The number of ketones is 1. The van der Waals surface area contributed by atoms with Crippen LogP contribution in [-0.2, 0) is 6.61 Å². The van der Waals surface area contributed by atoms with Crippen molar-refractivity contribution in [2.45, 2.75) is 19.4 Å². The third kappa shape index (κ3) is 2.41. The summed E-state index contributed by atoms with van der Waals surface area (Å²) in [7, 11) is 0. The van der Waals surface area contributed by atoms with Gasteiger partial charge in [0.25, 0.3) is 0 Å². The summed E-state index contributed by atoms with van der Waals surface area (Å²) in [5.74, 6) is 4.55. The fourth-order valence-electron chi connectivity index (χ4n) is 5.72. The number of carbonyl (C=O) groups excluding carboxylic acids is 1. The molecule has 4 aliphatic carbocycles. The minimum absolute atomic E-state index is 0.300. The van der Waals surface area contributed by atoms with Crippen LogP contribution in [0.25, 0.3) is 10.9 Å². The Bertz CT molecular complexity index is 1030. The van der Waals surface area contributed by atoms with Crippen LogP contribution in [0, 0.1) is 29.6 Å². The van der Waals surface area contributed by atoms with Crippen molar-refractivity contribution in [3.63, 3.8) is 0 Å². The summed E-state index contributed by atoms with van der Waals surface area (Å²) in [5.41, 5.74) is 2.72. The number of para-hydroxylation sites is 1. The van der Waals surface area contributed by atoms with Gasteiger partial charge < -0.3 is 4.74 Å². The maximum atomic E-state index is 12.9. The molecule has 4 fully saturated rings. The lowest BCUT2D eigenvalue weighted by atomic mass is 9.89. The topological polar surface area (TPSA) is 39.2 Å². The monoisotopic (exact) mass is 355 g/mol. The average molecular weight is 355 g/mol. The molecule has 4 bridgehead atoms. The number of aromatic nitrogens is 1. The normalized spacial score (nSPS) is 29.9. The molecule has 1 aromatic heterocycles. The van der Waals surface area contributed by atoms with E-state index < -0.39 is 0 Å².